The lowest BCUT2D eigenvalue weighted by atomic mass is 9.93. The number of aryl methyl sites for hydroxylation is 2. The minimum absolute atomic E-state index is 0.298. The summed E-state index contributed by atoms with van der Waals surface area (Å²) in [5.41, 5.74) is 0. The highest BCUT2D eigenvalue weighted by Crippen LogP contribution is 2.11. The maximum Gasteiger partial charge on any atom is 0.499 e. The smallest absolute Gasteiger partial charge is 0.448 e. The molecule has 0 fully saturated rings. The largest absolute Gasteiger partial charge is 0.499 e. The molecule has 0 atom stereocenters. The van der Waals surface area contributed by atoms with Gasteiger partial charge < -0.3 is 12.9 Å². The quantitative estimate of drug-likeness (QED) is 0.638. The summed E-state index contributed by atoms with van der Waals surface area (Å²) in [6.07, 6.45) is -1.01. The van der Waals surface area contributed by atoms with Crippen LogP contribution in [0.15, 0.2) is 0 Å². The van der Waals surface area contributed by atoms with Gasteiger partial charge in [-0.2, -0.15) is 5.10 Å². The molecule has 1 rings (SSSR count). The zero-order valence-electron chi connectivity index (χ0n) is 6.76. The molecule has 1 aromatic rings. The highest BCUT2D eigenvalue weighted by atomic mass is 19.4. The van der Waals surface area contributed by atoms with Crippen LogP contribution in [0.4, 0.5) is 12.9 Å². The van der Waals surface area contributed by atoms with E-state index in [2.05, 4.69) is 10.1 Å². The molecule has 7 heteroatoms. The molecule has 3 nitrogen and oxygen atoms in total. The van der Waals surface area contributed by atoms with Crippen molar-refractivity contribution >= 4 is 6.98 Å². The van der Waals surface area contributed by atoms with Crippen molar-refractivity contribution < 1.29 is 12.9 Å². The van der Waals surface area contributed by atoms with Crippen LogP contribution in [0, 0.1) is 13.8 Å². The molecule has 0 bridgehead atoms. The maximum atomic E-state index is 11.9. The average Bonchev–Trinajstić information content (AvgIpc) is 2.06. The van der Waals surface area contributed by atoms with Crippen LogP contribution in [0.5, 0.6) is 0 Å². The molecule has 0 N–H and O–H groups in total. The predicted octanol–water partition coefficient (Wildman–Crippen LogP) is 1.28. The van der Waals surface area contributed by atoms with E-state index in [1.165, 1.54) is 6.92 Å². The summed E-state index contributed by atoms with van der Waals surface area (Å²) in [5.74, 6) is 0.666. The van der Waals surface area contributed by atoms with Crippen LogP contribution in [0.3, 0.4) is 0 Å². The summed E-state index contributed by atoms with van der Waals surface area (Å²) in [6.45, 7) is -1.76. The summed E-state index contributed by atoms with van der Waals surface area (Å²) < 4.78 is 36.6. The van der Waals surface area contributed by atoms with Crippen molar-refractivity contribution in [3.63, 3.8) is 0 Å². The fourth-order valence-corrected chi connectivity index (χ4v) is 0.930. The Balaban J connectivity index is 2.82. The standard InChI is InChI=1S/C5H8BF3N3/c1-4-10-5(2)12(11-4)3-6(7,8)9/h3H2,1-2H3/q-1. The number of halogens is 3. The van der Waals surface area contributed by atoms with Crippen molar-refractivity contribution in [1.29, 1.82) is 0 Å². The Morgan fingerprint density at radius 1 is 1.33 bits per heavy atom. The van der Waals surface area contributed by atoms with E-state index in [0.717, 1.165) is 4.68 Å². The van der Waals surface area contributed by atoms with Crippen LogP contribution in [0.1, 0.15) is 11.6 Å². The van der Waals surface area contributed by atoms with Gasteiger partial charge in [-0.1, -0.05) is 0 Å². The zero-order chi connectivity index (χ0) is 9.35. The molecule has 0 amide bonds. The maximum absolute atomic E-state index is 11.9. The second-order valence-electron chi connectivity index (χ2n) is 2.60. The number of rotatable bonds is 2. The highest BCUT2D eigenvalue weighted by molar-refractivity contribution is 6.57. The van der Waals surface area contributed by atoms with Crippen molar-refractivity contribution in [1.82, 2.24) is 14.8 Å². The van der Waals surface area contributed by atoms with Crippen LogP contribution in [-0.4, -0.2) is 21.7 Å². The molecule has 0 aliphatic carbocycles. The van der Waals surface area contributed by atoms with Gasteiger partial charge >= 0.3 is 6.98 Å². The Bertz CT molecular complexity index is 280. The van der Waals surface area contributed by atoms with Gasteiger partial charge in [0.15, 0.2) is 0 Å². The first-order valence-corrected chi connectivity index (χ1v) is 3.47. The highest BCUT2D eigenvalue weighted by Gasteiger charge is 2.25. The Labute approximate surface area is 67.7 Å². The molecule has 1 heterocycles. The van der Waals surface area contributed by atoms with Gasteiger partial charge in [-0.05, 0) is 13.8 Å². The molecule has 0 aliphatic heterocycles. The average molecular weight is 178 g/mol. The molecule has 0 unspecified atom stereocenters. The van der Waals surface area contributed by atoms with E-state index in [1.54, 1.807) is 6.92 Å². The molecule has 0 radical (unpaired) electrons. The van der Waals surface area contributed by atoms with Gasteiger partial charge in [0.25, 0.3) is 0 Å². The summed E-state index contributed by atoms with van der Waals surface area (Å²) in [7, 11) is 0. The minimum atomic E-state index is -4.83. The Kier molecular flexibility index (Phi) is 2.12. The molecule has 68 valence electrons. The number of hydrogen-bond donors (Lipinski definition) is 0. The van der Waals surface area contributed by atoms with Crippen molar-refractivity contribution in [3.05, 3.63) is 11.6 Å². The Hall–Kier alpha value is -1.01. The topological polar surface area (TPSA) is 30.7 Å². The fraction of sp³-hybridized carbons (Fsp3) is 0.600. The van der Waals surface area contributed by atoms with Crippen LogP contribution in [-0.2, 0) is 6.44 Å². The fourth-order valence-electron chi connectivity index (χ4n) is 0.930. The number of aromatic nitrogens is 3. The minimum Gasteiger partial charge on any atom is -0.448 e. The Morgan fingerprint density at radius 2 is 1.92 bits per heavy atom. The van der Waals surface area contributed by atoms with Crippen LogP contribution >= 0.6 is 0 Å². The van der Waals surface area contributed by atoms with Crippen LogP contribution < -0.4 is 0 Å². The third kappa shape index (κ3) is 2.25. The third-order valence-electron chi connectivity index (χ3n) is 1.34. The molecular weight excluding hydrogens is 170 g/mol. The number of hydrogen-bond acceptors (Lipinski definition) is 2. The van der Waals surface area contributed by atoms with E-state index in [1.807, 2.05) is 0 Å². The first kappa shape index (κ1) is 9.09. The van der Waals surface area contributed by atoms with Crippen molar-refractivity contribution in [2.45, 2.75) is 20.3 Å². The molecule has 0 saturated heterocycles. The summed E-state index contributed by atoms with van der Waals surface area (Å²) in [5, 5.41) is 3.60. The summed E-state index contributed by atoms with van der Waals surface area (Å²) in [6, 6.07) is 0. The lowest BCUT2D eigenvalue weighted by Crippen LogP contribution is -2.25. The lowest BCUT2D eigenvalue weighted by molar-refractivity contribution is 0.433. The Morgan fingerprint density at radius 3 is 2.25 bits per heavy atom. The van der Waals surface area contributed by atoms with Gasteiger partial charge in [0, 0.05) is 6.44 Å². The molecule has 0 spiro atoms. The van der Waals surface area contributed by atoms with Crippen molar-refractivity contribution in [2.24, 2.45) is 0 Å². The number of nitrogens with zero attached hydrogens (tertiary/aromatic N) is 3. The van der Waals surface area contributed by atoms with Crippen LogP contribution in [0.25, 0.3) is 0 Å². The van der Waals surface area contributed by atoms with E-state index in [4.69, 9.17) is 0 Å². The van der Waals surface area contributed by atoms with Gasteiger partial charge in [-0.25, -0.2) is 4.98 Å². The van der Waals surface area contributed by atoms with Gasteiger partial charge in [0.2, 0.25) is 0 Å². The van der Waals surface area contributed by atoms with Crippen molar-refractivity contribution in [2.75, 3.05) is 0 Å². The van der Waals surface area contributed by atoms with E-state index in [-0.39, 0.29) is 0 Å². The first-order valence-electron chi connectivity index (χ1n) is 3.47. The first-order chi connectivity index (χ1) is 5.38. The molecule has 12 heavy (non-hydrogen) atoms. The lowest BCUT2D eigenvalue weighted by Gasteiger charge is -2.13. The van der Waals surface area contributed by atoms with Crippen LogP contribution in [0.2, 0.25) is 0 Å². The second-order valence-corrected chi connectivity index (χ2v) is 2.60. The van der Waals surface area contributed by atoms with E-state index in [0.29, 0.717) is 11.6 Å². The SMILES string of the molecule is Cc1nc(C)n(C[B-](F)(F)F)n1. The molecule has 0 saturated carbocycles. The van der Waals surface area contributed by atoms with E-state index in [9.17, 15) is 12.9 Å². The predicted molar refractivity (Wildman–Crippen MR) is 38.6 cm³/mol. The van der Waals surface area contributed by atoms with Gasteiger partial charge in [-0.3, -0.25) is 4.68 Å². The van der Waals surface area contributed by atoms with Gasteiger partial charge in [0.1, 0.15) is 11.6 Å². The van der Waals surface area contributed by atoms with Gasteiger partial charge in [0.05, 0.1) is 0 Å². The second kappa shape index (κ2) is 2.80. The summed E-state index contributed by atoms with van der Waals surface area (Å²) in [4.78, 5) is 3.76. The normalized spacial score (nSPS) is 12.1. The van der Waals surface area contributed by atoms with E-state index < -0.39 is 13.4 Å². The monoisotopic (exact) mass is 178 g/mol. The van der Waals surface area contributed by atoms with E-state index >= 15 is 0 Å². The molecule has 1 aromatic heterocycles. The molecular formula is C5H8BF3N3-. The molecule has 0 aromatic carbocycles. The summed E-state index contributed by atoms with van der Waals surface area (Å²) >= 11 is 0. The molecule has 0 aliphatic rings. The zero-order valence-corrected chi connectivity index (χ0v) is 6.76. The van der Waals surface area contributed by atoms with Gasteiger partial charge in [-0.15, -0.1) is 0 Å². The van der Waals surface area contributed by atoms with Crippen molar-refractivity contribution in [3.8, 4) is 0 Å². The third-order valence-corrected chi connectivity index (χ3v) is 1.34.